The maximum atomic E-state index is 12.3. The van der Waals surface area contributed by atoms with Crippen molar-refractivity contribution in [3.8, 4) is 0 Å². The first kappa shape index (κ1) is 25.5. The summed E-state index contributed by atoms with van der Waals surface area (Å²) in [6.45, 7) is 2.43. The van der Waals surface area contributed by atoms with Gasteiger partial charge in [0, 0.05) is 11.5 Å². The van der Waals surface area contributed by atoms with Crippen molar-refractivity contribution in [1.82, 2.24) is 16.0 Å². The van der Waals surface area contributed by atoms with Crippen molar-refractivity contribution in [2.75, 3.05) is 11.5 Å². The van der Waals surface area contributed by atoms with Crippen molar-refractivity contribution < 1.29 is 34.5 Å². The van der Waals surface area contributed by atoms with Gasteiger partial charge >= 0.3 is 5.97 Å². The smallest absolute Gasteiger partial charge is 0.328 e. The molecule has 0 aliphatic heterocycles. The van der Waals surface area contributed by atoms with Crippen LogP contribution in [-0.2, 0) is 19.2 Å². The zero-order chi connectivity index (χ0) is 21.3. The quantitative estimate of drug-likeness (QED) is 0.152. The third-order valence-electron chi connectivity index (χ3n) is 3.46. The second-order valence-corrected chi connectivity index (χ2v) is 6.56. The molecule has 0 saturated carbocycles. The van der Waals surface area contributed by atoms with E-state index in [0.29, 0.717) is 0 Å². The van der Waals surface area contributed by atoms with Crippen molar-refractivity contribution >= 4 is 48.9 Å². The number of hydrogen-bond donors (Lipinski definition) is 9. The lowest BCUT2D eigenvalue weighted by molar-refractivity contribution is -0.145. The highest BCUT2D eigenvalue weighted by Crippen LogP contribution is 2.00. The van der Waals surface area contributed by atoms with Crippen molar-refractivity contribution in [2.24, 2.45) is 5.73 Å². The number of thiol groups is 2. The van der Waals surface area contributed by atoms with Crippen LogP contribution in [0.15, 0.2) is 0 Å². The molecule has 0 rings (SSSR count). The minimum Gasteiger partial charge on any atom is -0.480 e. The second kappa shape index (κ2) is 12.0. The number of aliphatic carboxylic acids is 1. The number of carboxylic acid groups (broad SMARTS) is 1. The largest absolute Gasteiger partial charge is 0.480 e. The number of carbonyl (C=O) groups is 4. The lowest BCUT2D eigenvalue weighted by atomic mass is 10.1. The number of carboxylic acids is 1. The number of nitrogens with one attached hydrogen (secondary N) is 3. The van der Waals surface area contributed by atoms with Gasteiger partial charge in [-0.2, -0.15) is 25.3 Å². The molecule has 0 bridgehead atoms. The Hall–Kier alpha value is -1.54. The molecular weight excluding hydrogens is 400 g/mol. The average molecular weight is 427 g/mol. The molecule has 27 heavy (non-hydrogen) atoms. The molecule has 0 saturated heterocycles. The number of amides is 3. The molecule has 8 N–H and O–H groups in total. The van der Waals surface area contributed by atoms with Gasteiger partial charge in [0.05, 0.1) is 18.2 Å². The number of carbonyl (C=O) groups excluding carboxylic acids is 3. The Bertz CT molecular complexity index is 548. The van der Waals surface area contributed by atoms with E-state index in [0.717, 1.165) is 0 Å². The van der Waals surface area contributed by atoms with Crippen LogP contribution >= 0.6 is 25.3 Å². The van der Waals surface area contributed by atoms with Crippen LogP contribution in [0.25, 0.3) is 0 Å². The normalized spacial score (nSPS) is 17.6. The third kappa shape index (κ3) is 8.34. The van der Waals surface area contributed by atoms with Gasteiger partial charge in [-0.15, -0.1) is 0 Å². The van der Waals surface area contributed by atoms with Gasteiger partial charge in [0.15, 0.2) is 6.04 Å². The Morgan fingerprint density at radius 3 is 1.70 bits per heavy atom. The van der Waals surface area contributed by atoms with Gasteiger partial charge in [-0.1, -0.05) is 0 Å². The molecule has 0 fully saturated rings. The molecule has 13 heteroatoms. The van der Waals surface area contributed by atoms with Crippen LogP contribution < -0.4 is 21.7 Å². The molecule has 0 radical (unpaired) electrons. The van der Waals surface area contributed by atoms with Crippen LogP contribution in [0.5, 0.6) is 0 Å². The third-order valence-corrected chi connectivity index (χ3v) is 4.22. The molecule has 0 heterocycles. The van der Waals surface area contributed by atoms with E-state index in [9.17, 15) is 29.4 Å². The number of aliphatic hydroxyl groups excluding tert-OH is 2. The molecule has 6 atom stereocenters. The second-order valence-electron chi connectivity index (χ2n) is 5.82. The summed E-state index contributed by atoms with van der Waals surface area (Å²) >= 11 is 7.79. The fraction of sp³-hybridized carbons (Fsp3) is 0.714. The zero-order valence-corrected chi connectivity index (χ0v) is 16.6. The maximum absolute atomic E-state index is 12.3. The van der Waals surface area contributed by atoms with E-state index >= 15 is 0 Å². The summed E-state index contributed by atoms with van der Waals surface area (Å²) in [7, 11) is 0. The van der Waals surface area contributed by atoms with Gasteiger partial charge in [0.25, 0.3) is 0 Å². The minimum atomic E-state index is -1.59. The average Bonchev–Trinajstić information content (AvgIpc) is 2.59. The first-order valence-electron chi connectivity index (χ1n) is 7.93. The predicted molar refractivity (Wildman–Crippen MR) is 102 cm³/mol. The van der Waals surface area contributed by atoms with Gasteiger partial charge in [-0.25, -0.2) is 4.79 Å². The van der Waals surface area contributed by atoms with E-state index in [-0.39, 0.29) is 11.5 Å². The molecule has 0 aromatic carbocycles. The van der Waals surface area contributed by atoms with E-state index in [1.54, 1.807) is 0 Å². The minimum absolute atomic E-state index is 0.0115. The highest BCUT2D eigenvalue weighted by Gasteiger charge is 2.32. The van der Waals surface area contributed by atoms with Gasteiger partial charge in [-0.3, -0.25) is 14.4 Å². The van der Waals surface area contributed by atoms with Crippen molar-refractivity contribution in [3.63, 3.8) is 0 Å². The Morgan fingerprint density at radius 2 is 1.33 bits per heavy atom. The Balaban J connectivity index is 5.13. The van der Waals surface area contributed by atoms with E-state index in [1.807, 2.05) is 0 Å². The summed E-state index contributed by atoms with van der Waals surface area (Å²) in [6, 6.07) is -5.28. The SMILES string of the molecule is CC(O)C(NC(=O)C(CS)NC(=O)C(NC(=O)C(N)CS)C(C)O)C(=O)O. The number of nitrogens with two attached hydrogens (primary N) is 1. The lowest BCUT2D eigenvalue weighted by Gasteiger charge is -2.26. The Labute approximate surface area is 167 Å². The summed E-state index contributed by atoms with van der Waals surface area (Å²) in [6.07, 6.45) is -2.69. The summed E-state index contributed by atoms with van der Waals surface area (Å²) in [5.41, 5.74) is 5.49. The van der Waals surface area contributed by atoms with Gasteiger partial charge in [0.1, 0.15) is 12.1 Å². The molecule has 156 valence electrons. The maximum Gasteiger partial charge on any atom is 0.328 e. The molecule has 0 spiro atoms. The Kier molecular flexibility index (Phi) is 11.3. The van der Waals surface area contributed by atoms with E-state index < -0.39 is 60.1 Å². The van der Waals surface area contributed by atoms with Crippen molar-refractivity contribution in [1.29, 1.82) is 0 Å². The van der Waals surface area contributed by atoms with Crippen LogP contribution in [0.4, 0.5) is 0 Å². The number of aliphatic hydroxyl groups is 2. The van der Waals surface area contributed by atoms with Crippen LogP contribution in [-0.4, -0.2) is 86.9 Å². The number of rotatable bonds is 11. The van der Waals surface area contributed by atoms with Crippen molar-refractivity contribution in [2.45, 2.75) is 50.2 Å². The van der Waals surface area contributed by atoms with Gasteiger partial charge in [-0.05, 0) is 13.8 Å². The van der Waals surface area contributed by atoms with E-state index in [4.69, 9.17) is 10.8 Å². The van der Waals surface area contributed by atoms with E-state index in [2.05, 4.69) is 41.2 Å². The molecule has 6 unspecified atom stereocenters. The first-order chi connectivity index (χ1) is 12.5. The molecule has 0 aliphatic carbocycles. The van der Waals surface area contributed by atoms with Crippen LogP contribution in [0, 0.1) is 0 Å². The highest BCUT2D eigenvalue weighted by molar-refractivity contribution is 7.80. The zero-order valence-electron chi connectivity index (χ0n) is 14.8. The van der Waals surface area contributed by atoms with Crippen LogP contribution in [0.3, 0.4) is 0 Å². The standard InChI is InChI=1S/C14H26N4O7S2/c1-5(19)9(17-11(21)7(15)3-26)13(23)16-8(4-27)12(22)18-10(6(2)20)14(24)25/h5-10,19-20,26-27H,3-4,15H2,1-2H3,(H,16,23)(H,17,21)(H,18,22)(H,24,25). The van der Waals surface area contributed by atoms with Gasteiger partial charge < -0.3 is 37.0 Å². The van der Waals surface area contributed by atoms with E-state index in [1.165, 1.54) is 13.8 Å². The van der Waals surface area contributed by atoms with Crippen LogP contribution in [0.2, 0.25) is 0 Å². The first-order valence-corrected chi connectivity index (χ1v) is 9.20. The monoisotopic (exact) mass is 426 g/mol. The summed E-state index contributed by atoms with van der Waals surface area (Å²) in [5.74, 6) is -4.19. The van der Waals surface area contributed by atoms with Crippen LogP contribution in [0.1, 0.15) is 13.8 Å². The topological polar surface area (TPSA) is 191 Å². The lowest BCUT2D eigenvalue weighted by Crippen LogP contribution is -2.61. The highest BCUT2D eigenvalue weighted by atomic mass is 32.1. The molecular formula is C14H26N4O7S2. The molecule has 0 aromatic rings. The number of hydrogen-bond acceptors (Lipinski definition) is 9. The summed E-state index contributed by atoms with van der Waals surface area (Å²) < 4.78 is 0. The molecule has 0 aromatic heterocycles. The Morgan fingerprint density at radius 1 is 0.852 bits per heavy atom. The fourth-order valence-electron chi connectivity index (χ4n) is 1.85. The van der Waals surface area contributed by atoms with Gasteiger partial charge in [0.2, 0.25) is 17.7 Å². The molecule has 11 nitrogen and oxygen atoms in total. The predicted octanol–water partition coefficient (Wildman–Crippen LogP) is -3.53. The molecule has 0 aliphatic rings. The summed E-state index contributed by atoms with van der Waals surface area (Å²) in [5, 5.41) is 34.7. The summed E-state index contributed by atoms with van der Waals surface area (Å²) in [4.78, 5) is 47.4. The molecule has 3 amide bonds. The fourth-order valence-corrected chi connectivity index (χ4v) is 2.27. The van der Waals surface area contributed by atoms with Crippen molar-refractivity contribution in [3.05, 3.63) is 0 Å².